The molecule has 1 N–H and O–H groups in total. The Hall–Kier alpha value is -2.44. The number of benzene rings is 2. The molecule has 29 heavy (non-hydrogen) atoms. The molecule has 0 radical (unpaired) electrons. The third-order valence-corrected chi connectivity index (χ3v) is 6.27. The van der Waals surface area contributed by atoms with Crippen LogP contribution in [0.1, 0.15) is 12.8 Å². The van der Waals surface area contributed by atoms with Gasteiger partial charge >= 0.3 is 0 Å². The average molecular weight is 413 g/mol. The molecule has 2 aromatic carbocycles. The summed E-state index contributed by atoms with van der Waals surface area (Å²) in [5.41, 5.74) is 1.46. The van der Waals surface area contributed by atoms with E-state index in [-0.39, 0.29) is 11.1 Å². The molecule has 2 heterocycles. The zero-order valence-electron chi connectivity index (χ0n) is 16.1. The van der Waals surface area contributed by atoms with Crippen LogP contribution in [0, 0.1) is 17.7 Å². The van der Waals surface area contributed by atoms with Gasteiger partial charge in [-0.05, 0) is 62.1 Å². The third-order valence-electron chi connectivity index (χ3n) is 5.98. The van der Waals surface area contributed by atoms with E-state index < -0.39 is 5.82 Å². The lowest BCUT2D eigenvalue weighted by Gasteiger charge is -2.17. The van der Waals surface area contributed by atoms with Crippen molar-refractivity contribution in [1.82, 2.24) is 14.9 Å². The Kier molecular flexibility index (Phi) is 4.76. The summed E-state index contributed by atoms with van der Waals surface area (Å²) in [4.78, 5) is 11.1. The standard InChI is InChI=1S/C22H22ClFN4O/c1-28-10-13-6-17(7-14(13)11-28)29-16-3-4-18-21(9-16)25-12-26-22(18)27-15-2-5-20(24)19(23)8-15/h2-5,8-9,12-14,17H,6-7,10-11H2,1H3,(H,25,26,27). The van der Waals surface area contributed by atoms with Crippen molar-refractivity contribution in [3.63, 3.8) is 0 Å². The first kappa shape index (κ1) is 18.6. The number of anilines is 2. The highest BCUT2D eigenvalue weighted by atomic mass is 35.5. The maximum atomic E-state index is 13.4. The highest BCUT2D eigenvalue weighted by Gasteiger charge is 2.40. The fourth-order valence-electron chi connectivity index (χ4n) is 4.69. The van der Waals surface area contributed by atoms with Crippen LogP contribution in [-0.4, -0.2) is 41.1 Å². The Bertz CT molecular complexity index is 1050. The first-order chi connectivity index (χ1) is 14.0. The van der Waals surface area contributed by atoms with Crippen molar-refractivity contribution in [2.75, 3.05) is 25.5 Å². The molecule has 0 amide bonds. The summed E-state index contributed by atoms with van der Waals surface area (Å²) in [6.45, 7) is 2.36. The number of rotatable bonds is 4. The van der Waals surface area contributed by atoms with Crippen molar-refractivity contribution >= 4 is 34.0 Å². The lowest BCUT2D eigenvalue weighted by atomic mass is 10.0. The van der Waals surface area contributed by atoms with Gasteiger partial charge in [-0.3, -0.25) is 0 Å². The minimum Gasteiger partial charge on any atom is -0.490 e. The van der Waals surface area contributed by atoms with Crippen LogP contribution >= 0.6 is 11.6 Å². The monoisotopic (exact) mass is 412 g/mol. The van der Waals surface area contributed by atoms with Crippen LogP contribution in [0.25, 0.3) is 10.9 Å². The van der Waals surface area contributed by atoms with Crippen LogP contribution < -0.4 is 10.1 Å². The fraction of sp³-hybridized carbons (Fsp3) is 0.364. The van der Waals surface area contributed by atoms with Crippen LogP contribution in [0.3, 0.4) is 0 Å². The summed E-state index contributed by atoms with van der Waals surface area (Å²) in [5, 5.41) is 4.12. The van der Waals surface area contributed by atoms with Crippen LogP contribution in [0.15, 0.2) is 42.7 Å². The molecule has 0 bridgehead atoms. The van der Waals surface area contributed by atoms with Gasteiger partial charge in [0.15, 0.2) is 0 Å². The van der Waals surface area contributed by atoms with Gasteiger partial charge in [-0.1, -0.05) is 11.6 Å². The summed E-state index contributed by atoms with van der Waals surface area (Å²) >= 11 is 5.88. The van der Waals surface area contributed by atoms with Gasteiger partial charge < -0.3 is 15.0 Å². The highest BCUT2D eigenvalue weighted by Crippen LogP contribution is 2.39. The van der Waals surface area contributed by atoms with E-state index in [1.165, 1.54) is 31.5 Å². The maximum Gasteiger partial charge on any atom is 0.141 e. The lowest BCUT2D eigenvalue weighted by molar-refractivity contribution is 0.190. The zero-order chi connectivity index (χ0) is 20.0. The van der Waals surface area contributed by atoms with Crippen LogP contribution in [0.2, 0.25) is 5.02 Å². The maximum absolute atomic E-state index is 13.4. The van der Waals surface area contributed by atoms with E-state index in [0.717, 1.165) is 41.3 Å². The summed E-state index contributed by atoms with van der Waals surface area (Å²) in [5.74, 6) is 2.54. The molecule has 5 nitrogen and oxygen atoms in total. The van der Waals surface area contributed by atoms with Crippen LogP contribution in [0.4, 0.5) is 15.9 Å². The van der Waals surface area contributed by atoms with Gasteiger partial charge in [0.25, 0.3) is 0 Å². The predicted octanol–water partition coefficient (Wildman–Crippen LogP) is 4.88. The number of hydrogen-bond donors (Lipinski definition) is 1. The van der Waals surface area contributed by atoms with Gasteiger partial charge in [-0.2, -0.15) is 0 Å². The fourth-order valence-corrected chi connectivity index (χ4v) is 4.87. The zero-order valence-corrected chi connectivity index (χ0v) is 16.9. The third kappa shape index (κ3) is 3.74. The van der Waals surface area contributed by atoms with Gasteiger partial charge in [-0.25, -0.2) is 14.4 Å². The summed E-state index contributed by atoms with van der Waals surface area (Å²) in [6, 6.07) is 10.4. The number of nitrogens with zero attached hydrogens (tertiary/aromatic N) is 3. The highest BCUT2D eigenvalue weighted by molar-refractivity contribution is 6.31. The molecule has 1 aromatic heterocycles. The van der Waals surface area contributed by atoms with Gasteiger partial charge in [-0.15, -0.1) is 0 Å². The van der Waals surface area contributed by atoms with Crippen molar-refractivity contribution in [1.29, 1.82) is 0 Å². The molecule has 3 aromatic rings. The molecular weight excluding hydrogens is 391 g/mol. The molecule has 150 valence electrons. The smallest absolute Gasteiger partial charge is 0.141 e. The Morgan fingerprint density at radius 2 is 1.90 bits per heavy atom. The van der Waals surface area contributed by atoms with Crippen LogP contribution in [0.5, 0.6) is 5.75 Å². The summed E-state index contributed by atoms with van der Waals surface area (Å²) < 4.78 is 19.7. The number of likely N-dealkylation sites (tertiary alicyclic amines) is 1. The molecule has 2 fully saturated rings. The van der Waals surface area contributed by atoms with E-state index in [1.807, 2.05) is 18.2 Å². The van der Waals surface area contributed by atoms with E-state index in [1.54, 1.807) is 6.07 Å². The minimum absolute atomic E-state index is 0.0663. The molecule has 2 aliphatic rings. The van der Waals surface area contributed by atoms with Crippen molar-refractivity contribution in [3.05, 3.63) is 53.6 Å². The first-order valence-corrected chi connectivity index (χ1v) is 10.2. The molecule has 1 saturated heterocycles. The number of ether oxygens (including phenoxy) is 1. The van der Waals surface area contributed by atoms with Crippen molar-refractivity contribution in [2.24, 2.45) is 11.8 Å². The Morgan fingerprint density at radius 3 is 2.66 bits per heavy atom. The molecule has 1 saturated carbocycles. The lowest BCUT2D eigenvalue weighted by Crippen LogP contribution is -2.20. The van der Waals surface area contributed by atoms with E-state index >= 15 is 0 Å². The van der Waals surface area contributed by atoms with Gasteiger partial charge in [0.1, 0.15) is 23.7 Å². The van der Waals surface area contributed by atoms with E-state index in [4.69, 9.17) is 16.3 Å². The van der Waals surface area contributed by atoms with Crippen molar-refractivity contribution < 1.29 is 9.13 Å². The Labute approximate surface area is 173 Å². The largest absolute Gasteiger partial charge is 0.490 e. The van der Waals surface area contributed by atoms with E-state index in [9.17, 15) is 4.39 Å². The molecule has 1 aliphatic carbocycles. The quantitative estimate of drug-likeness (QED) is 0.661. The molecule has 7 heteroatoms. The SMILES string of the molecule is CN1CC2CC(Oc3ccc4c(Nc5ccc(F)c(Cl)c5)ncnc4c3)CC2C1. The second kappa shape index (κ2) is 7.43. The number of aromatic nitrogens is 2. The summed E-state index contributed by atoms with van der Waals surface area (Å²) in [7, 11) is 2.20. The Morgan fingerprint density at radius 1 is 1.10 bits per heavy atom. The minimum atomic E-state index is -0.450. The van der Waals surface area contributed by atoms with Crippen molar-refractivity contribution in [2.45, 2.75) is 18.9 Å². The number of halogens is 2. The second-order valence-electron chi connectivity index (χ2n) is 8.11. The molecule has 5 rings (SSSR count). The van der Waals surface area contributed by atoms with Gasteiger partial charge in [0.05, 0.1) is 16.6 Å². The topological polar surface area (TPSA) is 50.3 Å². The molecule has 2 atom stereocenters. The van der Waals surface area contributed by atoms with E-state index in [0.29, 0.717) is 11.5 Å². The predicted molar refractivity (Wildman–Crippen MR) is 112 cm³/mol. The van der Waals surface area contributed by atoms with Gasteiger partial charge in [0, 0.05) is 30.2 Å². The van der Waals surface area contributed by atoms with Crippen molar-refractivity contribution in [3.8, 4) is 5.75 Å². The number of hydrogen-bond acceptors (Lipinski definition) is 5. The molecule has 0 spiro atoms. The van der Waals surface area contributed by atoms with E-state index in [2.05, 4.69) is 27.2 Å². The molecule has 1 aliphatic heterocycles. The van der Waals surface area contributed by atoms with Gasteiger partial charge in [0.2, 0.25) is 0 Å². The molecule has 2 unspecified atom stereocenters. The molecular formula is C22H22ClFN4O. The normalized spacial score (nSPS) is 24.0. The average Bonchev–Trinajstić information content (AvgIpc) is 3.21. The Balaban J connectivity index is 1.34. The number of fused-ring (bicyclic) bond motifs is 2. The summed E-state index contributed by atoms with van der Waals surface area (Å²) in [6.07, 6.45) is 4.02. The first-order valence-electron chi connectivity index (χ1n) is 9.87. The second-order valence-corrected chi connectivity index (χ2v) is 8.51. The van der Waals surface area contributed by atoms with Crippen LogP contribution in [-0.2, 0) is 0 Å². The number of nitrogens with one attached hydrogen (secondary N) is 1.